The van der Waals surface area contributed by atoms with Crippen LogP contribution in [0.2, 0.25) is 0 Å². The molecule has 208 valence electrons. The van der Waals surface area contributed by atoms with Gasteiger partial charge in [0.2, 0.25) is 5.91 Å². The van der Waals surface area contributed by atoms with Crippen molar-refractivity contribution in [1.29, 1.82) is 0 Å². The second-order valence-electron chi connectivity index (χ2n) is 11.8. The molecule has 1 saturated carbocycles. The van der Waals surface area contributed by atoms with E-state index in [0.717, 1.165) is 38.2 Å². The van der Waals surface area contributed by atoms with Gasteiger partial charge in [-0.3, -0.25) is 4.79 Å². The summed E-state index contributed by atoms with van der Waals surface area (Å²) in [6, 6.07) is 11.0. The number of amides is 1. The number of benzene rings is 2. The Hall–Kier alpha value is -2.64. The molecular formula is C31H42F2N2O3. The highest BCUT2D eigenvalue weighted by Crippen LogP contribution is 2.38. The maximum absolute atomic E-state index is 13.9. The zero-order chi connectivity index (χ0) is 27.9. The fraction of sp³-hybridized carbons (Fsp3) is 0.548. The van der Waals surface area contributed by atoms with Crippen molar-refractivity contribution in [2.24, 2.45) is 0 Å². The van der Waals surface area contributed by atoms with Gasteiger partial charge < -0.3 is 20.5 Å². The van der Waals surface area contributed by atoms with Crippen molar-refractivity contribution in [1.82, 2.24) is 10.6 Å². The van der Waals surface area contributed by atoms with Crippen molar-refractivity contribution < 1.29 is 23.5 Å². The normalized spacial score (nSPS) is 17.0. The number of carbonyl (C=O) groups excluding carboxylic acids is 2. The van der Waals surface area contributed by atoms with Crippen LogP contribution in [0.5, 0.6) is 0 Å². The molecule has 2 aromatic rings. The summed E-state index contributed by atoms with van der Waals surface area (Å²) in [6.45, 7) is 8.16. The summed E-state index contributed by atoms with van der Waals surface area (Å²) in [5, 5.41) is 17.7. The van der Waals surface area contributed by atoms with E-state index in [9.17, 15) is 23.5 Å². The summed E-state index contributed by atoms with van der Waals surface area (Å²) in [4.78, 5) is 23.9. The molecule has 0 saturated heterocycles. The quantitative estimate of drug-likeness (QED) is 0.362. The number of carbonyl (C=O) groups is 2. The molecule has 0 bridgehead atoms. The minimum atomic E-state index is -1.02. The number of ketones is 1. The summed E-state index contributed by atoms with van der Waals surface area (Å²) < 4.78 is 27.7. The maximum atomic E-state index is 13.9. The third kappa shape index (κ3) is 8.43. The summed E-state index contributed by atoms with van der Waals surface area (Å²) in [6.07, 6.45) is 4.26. The van der Waals surface area contributed by atoms with Gasteiger partial charge in [-0.2, -0.15) is 0 Å². The lowest BCUT2D eigenvalue weighted by Crippen LogP contribution is -2.53. The third-order valence-electron chi connectivity index (χ3n) is 7.53. The summed E-state index contributed by atoms with van der Waals surface area (Å²) in [7, 11) is 0. The van der Waals surface area contributed by atoms with Crippen LogP contribution in [-0.2, 0) is 27.0 Å². The minimum absolute atomic E-state index is 0.000854. The van der Waals surface area contributed by atoms with Gasteiger partial charge in [0, 0.05) is 31.0 Å². The van der Waals surface area contributed by atoms with Gasteiger partial charge in [0.1, 0.15) is 17.4 Å². The fourth-order valence-corrected chi connectivity index (χ4v) is 5.28. The third-order valence-corrected chi connectivity index (χ3v) is 7.53. The highest BCUT2D eigenvalue weighted by Gasteiger charge is 2.35. The molecule has 2 atom stereocenters. The number of halogens is 2. The van der Waals surface area contributed by atoms with Crippen molar-refractivity contribution in [3.8, 4) is 0 Å². The molecule has 2 unspecified atom stereocenters. The van der Waals surface area contributed by atoms with E-state index in [1.807, 2.05) is 0 Å². The first-order valence-corrected chi connectivity index (χ1v) is 13.7. The Balaban J connectivity index is 1.82. The lowest BCUT2D eigenvalue weighted by atomic mass is 9.74. The largest absolute Gasteiger partial charge is 0.390 e. The molecule has 0 aliphatic heterocycles. The molecule has 0 heterocycles. The Morgan fingerprint density at radius 3 is 2.26 bits per heavy atom. The molecular weight excluding hydrogens is 486 g/mol. The first-order valence-electron chi connectivity index (χ1n) is 13.7. The van der Waals surface area contributed by atoms with Gasteiger partial charge in [-0.25, -0.2) is 8.78 Å². The Labute approximate surface area is 225 Å². The lowest BCUT2D eigenvalue weighted by Gasteiger charge is -2.41. The van der Waals surface area contributed by atoms with E-state index in [-0.39, 0.29) is 48.5 Å². The number of hydrogen-bond donors (Lipinski definition) is 3. The SMILES string of the molecule is CC(=O)CCC(=O)NC(Cc1cc(F)cc(F)c1)C(O)CNC1(c2cccc(C(C)(C)C)c2)CCCCC1. The standard InChI is InChI=1S/C31H42F2N2O3/c1-21(36)11-12-29(38)35-27(17-22-15-25(32)19-26(33)16-22)28(37)20-34-31(13-6-5-7-14-31)24-10-8-9-23(18-24)30(2,3)4/h8-10,15-16,18-19,27-28,34,37H,5-7,11-14,17,20H2,1-4H3,(H,35,38). The van der Waals surface area contributed by atoms with Crippen LogP contribution in [0, 0.1) is 11.6 Å². The molecule has 3 N–H and O–H groups in total. The average molecular weight is 529 g/mol. The van der Waals surface area contributed by atoms with Crippen LogP contribution >= 0.6 is 0 Å². The smallest absolute Gasteiger partial charge is 0.220 e. The highest BCUT2D eigenvalue weighted by molar-refractivity contribution is 5.83. The highest BCUT2D eigenvalue weighted by atomic mass is 19.1. The monoisotopic (exact) mass is 528 g/mol. The molecule has 5 nitrogen and oxygen atoms in total. The predicted molar refractivity (Wildman–Crippen MR) is 146 cm³/mol. The molecule has 2 aromatic carbocycles. The summed E-state index contributed by atoms with van der Waals surface area (Å²) in [5.41, 5.74) is 2.45. The van der Waals surface area contributed by atoms with Crippen LogP contribution in [0.25, 0.3) is 0 Å². The van der Waals surface area contributed by atoms with E-state index < -0.39 is 23.8 Å². The van der Waals surface area contributed by atoms with Gasteiger partial charge in [0.15, 0.2) is 0 Å². The van der Waals surface area contributed by atoms with Crippen molar-refractivity contribution in [3.63, 3.8) is 0 Å². The molecule has 1 fully saturated rings. The molecule has 0 aromatic heterocycles. The zero-order valence-electron chi connectivity index (χ0n) is 23.1. The number of nitrogens with one attached hydrogen (secondary N) is 2. The van der Waals surface area contributed by atoms with Gasteiger partial charge in [-0.05, 0) is 60.4 Å². The van der Waals surface area contributed by atoms with Crippen LogP contribution in [0.1, 0.15) is 89.3 Å². The maximum Gasteiger partial charge on any atom is 0.220 e. The van der Waals surface area contributed by atoms with Gasteiger partial charge in [-0.15, -0.1) is 0 Å². The number of rotatable bonds is 11. The number of aliphatic hydroxyl groups excluding tert-OH is 1. The number of hydrogen-bond acceptors (Lipinski definition) is 4. The van der Waals surface area contributed by atoms with Crippen LogP contribution < -0.4 is 10.6 Å². The molecule has 1 aliphatic rings. The number of aliphatic hydroxyl groups is 1. The summed E-state index contributed by atoms with van der Waals surface area (Å²) >= 11 is 0. The van der Waals surface area contributed by atoms with E-state index in [2.05, 4.69) is 55.7 Å². The first kappa shape index (κ1) is 29.9. The molecule has 0 radical (unpaired) electrons. The van der Waals surface area contributed by atoms with Crippen LogP contribution in [0.3, 0.4) is 0 Å². The Morgan fingerprint density at radius 1 is 1.00 bits per heavy atom. The van der Waals surface area contributed by atoms with Crippen LogP contribution in [-0.4, -0.2) is 35.5 Å². The molecule has 3 rings (SSSR count). The van der Waals surface area contributed by atoms with Crippen LogP contribution in [0.4, 0.5) is 8.78 Å². The van der Waals surface area contributed by atoms with E-state index in [1.54, 1.807) is 0 Å². The van der Waals surface area contributed by atoms with E-state index in [1.165, 1.54) is 30.2 Å². The fourth-order valence-electron chi connectivity index (χ4n) is 5.28. The molecule has 1 amide bonds. The van der Waals surface area contributed by atoms with Gasteiger partial charge in [0.05, 0.1) is 12.1 Å². The van der Waals surface area contributed by atoms with Gasteiger partial charge in [-0.1, -0.05) is 64.3 Å². The second-order valence-corrected chi connectivity index (χ2v) is 11.8. The zero-order valence-corrected chi connectivity index (χ0v) is 23.1. The average Bonchev–Trinajstić information content (AvgIpc) is 2.85. The Bertz CT molecular complexity index is 1090. The molecule has 38 heavy (non-hydrogen) atoms. The summed E-state index contributed by atoms with van der Waals surface area (Å²) in [5.74, 6) is -1.92. The lowest BCUT2D eigenvalue weighted by molar-refractivity contribution is -0.125. The number of Topliss-reactive ketones (excluding diaryl/α,β-unsaturated/α-hetero) is 1. The van der Waals surface area contributed by atoms with Crippen molar-refractivity contribution in [3.05, 3.63) is 70.8 Å². The predicted octanol–water partition coefficient (Wildman–Crippen LogP) is 5.47. The van der Waals surface area contributed by atoms with Crippen LogP contribution in [0.15, 0.2) is 42.5 Å². The molecule has 0 spiro atoms. The molecule has 7 heteroatoms. The second kappa shape index (κ2) is 12.9. The van der Waals surface area contributed by atoms with E-state index in [0.29, 0.717) is 5.56 Å². The minimum Gasteiger partial charge on any atom is -0.390 e. The van der Waals surface area contributed by atoms with E-state index >= 15 is 0 Å². The Morgan fingerprint density at radius 2 is 1.66 bits per heavy atom. The van der Waals surface area contributed by atoms with Gasteiger partial charge in [0.25, 0.3) is 0 Å². The Kier molecular flexibility index (Phi) is 10.2. The van der Waals surface area contributed by atoms with Crippen molar-refractivity contribution in [2.45, 2.75) is 102 Å². The first-order chi connectivity index (χ1) is 17.9. The topological polar surface area (TPSA) is 78.4 Å². The van der Waals surface area contributed by atoms with E-state index in [4.69, 9.17) is 0 Å². The van der Waals surface area contributed by atoms with Crippen molar-refractivity contribution in [2.75, 3.05) is 6.54 Å². The van der Waals surface area contributed by atoms with Crippen molar-refractivity contribution >= 4 is 11.7 Å². The molecule has 1 aliphatic carbocycles. The van der Waals surface area contributed by atoms with Gasteiger partial charge >= 0.3 is 0 Å².